The minimum atomic E-state index is -0.866. The smallest absolute Gasteiger partial charge is 0.159 e. The van der Waals surface area contributed by atoms with Crippen LogP contribution in [-0.4, -0.2) is 13.2 Å². The van der Waals surface area contributed by atoms with Crippen LogP contribution in [0.25, 0.3) is 0 Å². The summed E-state index contributed by atoms with van der Waals surface area (Å²) in [5.41, 5.74) is 5.78. The summed E-state index contributed by atoms with van der Waals surface area (Å²) < 4.78 is 30.3. The highest BCUT2D eigenvalue weighted by Gasteiger charge is 2.36. The first kappa shape index (κ1) is 8.59. The summed E-state index contributed by atoms with van der Waals surface area (Å²) in [5.74, 6) is -1.72. The Kier molecular flexibility index (Phi) is 1.82. The van der Waals surface area contributed by atoms with E-state index < -0.39 is 17.2 Å². The van der Waals surface area contributed by atoms with E-state index in [0.29, 0.717) is 18.8 Å². The number of halogens is 2. The second kappa shape index (κ2) is 2.75. The molecule has 1 aliphatic heterocycles. The third-order valence-electron chi connectivity index (χ3n) is 2.21. The van der Waals surface area contributed by atoms with Gasteiger partial charge in [-0.3, -0.25) is 0 Å². The first-order chi connectivity index (χ1) is 6.12. The Morgan fingerprint density at radius 3 is 2.38 bits per heavy atom. The molecule has 1 heterocycles. The average Bonchev–Trinajstić information content (AvgIpc) is 2.06. The molecule has 0 spiro atoms. The molecule has 70 valence electrons. The van der Waals surface area contributed by atoms with Gasteiger partial charge >= 0.3 is 0 Å². The quantitative estimate of drug-likeness (QED) is 0.712. The van der Waals surface area contributed by atoms with Crippen molar-refractivity contribution in [1.29, 1.82) is 0 Å². The van der Waals surface area contributed by atoms with E-state index in [2.05, 4.69) is 0 Å². The van der Waals surface area contributed by atoms with E-state index in [1.54, 1.807) is 0 Å². The van der Waals surface area contributed by atoms with Crippen LogP contribution in [0.3, 0.4) is 0 Å². The Morgan fingerprint density at radius 1 is 1.23 bits per heavy atom. The molecular weight excluding hydrogens is 176 g/mol. The summed E-state index contributed by atoms with van der Waals surface area (Å²) in [6, 6.07) is 3.69. The number of hydrogen-bond donors (Lipinski definition) is 1. The van der Waals surface area contributed by atoms with E-state index in [1.807, 2.05) is 0 Å². The molecule has 0 saturated carbocycles. The summed E-state index contributed by atoms with van der Waals surface area (Å²) in [6.45, 7) is 0.718. The molecule has 4 heteroatoms. The van der Waals surface area contributed by atoms with Crippen LogP contribution in [0.2, 0.25) is 0 Å². The van der Waals surface area contributed by atoms with E-state index in [-0.39, 0.29) is 0 Å². The summed E-state index contributed by atoms with van der Waals surface area (Å²) in [6.07, 6.45) is 0. The molecule has 2 rings (SSSR count). The maximum Gasteiger partial charge on any atom is 0.159 e. The maximum absolute atomic E-state index is 12.8. The summed E-state index contributed by atoms with van der Waals surface area (Å²) >= 11 is 0. The zero-order valence-electron chi connectivity index (χ0n) is 6.89. The fourth-order valence-electron chi connectivity index (χ4n) is 1.29. The van der Waals surface area contributed by atoms with Crippen LogP contribution in [0.4, 0.5) is 8.78 Å². The first-order valence-electron chi connectivity index (χ1n) is 3.94. The van der Waals surface area contributed by atoms with Gasteiger partial charge in [-0.05, 0) is 17.7 Å². The highest BCUT2D eigenvalue weighted by molar-refractivity contribution is 5.27. The van der Waals surface area contributed by atoms with Gasteiger partial charge < -0.3 is 10.5 Å². The lowest BCUT2D eigenvalue weighted by atomic mass is 9.89. The van der Waals surface area contributed by atoms with E-state index in [0.717, 1.165) is 12.1 Å². The van der Waals surface area contributed by atoms with Crippen LogP contribution >= 0.6 is 0 Å². The molecule has 1 aromatic rings. The van der Waals surface area contributed by atoms with Crippen LogP contribution in [0.5, 0.6) is 0 Å². The van der Waals surface area contributed by atoms with Gasteiger partial charge in [0.05, 0.1) is 18.8 Å². The Hall–Kier alpha value is -1.00. The fourth-order valence-corrected chi connectivity index (χ4v) is 1.29. The van der Waals surface area contributed by atoms with E-state index in [4.69, 9.17) is 10.5 Å². The second-order valence-electron chi connectivity index (χ2n) is 3.28. The normalized spacial score (nSPS) is 19.6. The predicted octanol–water partition coefficient (Wildman–Crippen LogP) is 1.15. The van der Waals surface area contributed by atoms with Crippen molar-refractivity contribution in [2.75, 3.05) is 13.2 Å². The maximum atomic E-state index is 12.8. The van der Waals surface area contributed by atoms with Crippen molar-refractivity contribution in [3.05, 3.63) is 35.4 Å². The van der Waals surface area contributed by atoms with Crippen molar-refractivity contribution in [3.8, 4) is 0 Å². The van der Waals surface area contributed by atoms with Gasteiger partial charge in [-0.1, -0.05) is 6.07 Å². The topological polar surface area (TPSA) is 35.2 Å². The molecule has 0 aromatic heterocycles. The van der Waals surface area contributed by atoms with Gasteiger partial charge in [0.2, 0.25) is 0 Å². The Morgan fingerprint density at radius 2 is 1.92 bits per heavy atom. The van der Waals surface area contributed by atoms with Crippen molar-refractivity contribution >= 4 is 0 Å². The van der Waals surface area contributed by atoms with E-state index in [9.17, 15) is 8.78 Å². The number of hydrogen-bond acceptors (Lipinski definition) is 2. The first-order valence-corrected chi connectivity index (χ1v) is 3.94. The highest BCUT2D eigenvalue weighted by Crippen LogP contribution is 2.27. The largest absolute Gasteiger partial charge is 0.377 e. The monoisotopic (exact) mass is 185 g/mol. The number of rotatable bonds is 1. The van der Waals surface area contributed by atoms with Gasteiger partial charge in [0.25, 0.3) is 0 Å². The molecule has 2 nitrogen and oxygen atoms in total. The van der Waals surface area contributed by atoms with Crippen molar-refractivity contribution in [2.45, 2.75) is 5.54 Å². The van der Waals surface area contributed by atoms with Crippen molar-refractivity contribution in [3.63, 3.8) is 0 Å². The molecule has 1 saturated heterocycles. The van der Waals surface area contributed by atoms with E-state index >= 15 is 0 Å². The van der Waals surface area contributed by atoms with Crippen molar-refractivity contribution in [2.24, 2.45) is 5.73 Å². The Balaban J connectivity index is 2.36. The van der Waals surface area contributed by atoms with Gasteiger partial charge in [0.1, 0.15) is 0 Å². The second-order valence-corrected chi connectivity index (χ2v) is 3.28. The van der Waals surface area contributed by atoms with Crippen LogP contribution in [0.15, 0.2) is 18.2 Å². The lowest BCUT2D eigenvalue weighted by Crippen LogP contribution is -2.54. The van der Waals surface area contributed by atoms with Gasteiger partial charge in [-0.25, -0.2) is 8.78 Å². The van der Waals surface area contributed by atoms with Crippen LogP contribution in [0, 0.1) is 11.6 Å². The predicted molar refractivity (Wildman–Crippen MR) is 43.0 cm³/mol. The summed E-state index contributed by atoms with van der Waals surface area (Å²) in [5, 5.41) is 0. The summed E-state index contributed by atoms with van der Waals surface area (Å²) in [7, 11) is 0. The number of benzene rings is 1. The minimum absolute atomic E-state index is 0.359. The third kappa shape index (κ3) is 1.32. The molecule has 0 amide bonds. The molecule has 1 aliphatic rings. The summed E-state index contributed by atoms with van der Waals surface area (Å²) in [4.78, 5) is 0. The van der Waals surface area contributed by atoms with Crippen LogP contribution in [0.1, 0.15) is 5.56 Å². The number of nitrogens with two attached hydrogens (primary N) is 1. The molecule has 0 aliphatic carbocycles. The lowest BCUT2D eigenvalue weighted by molar-refractivity contribution is -0.0570. The van der Waals surface area contributed by atoms with Crippen LogP contribution in [-0.2, 0) is 10.3 Å². The lowest BCUT2D eigenvalue weighted by Gasteiger charge is -2.38. The minimum Gasteiger partial charge on any atom is -0.377 e. The van der Waals surface area contributed by atoms with Crippen molar-refractivity contribution < 1.29 is 13.5 Å². The molecule has 13 heavy (non-hydrogen) atoms. The van der Waals surface area contributed by atoms with Crippen molar-refractivity contribution in [1.82, 2.24) is 0 Å². The molecule has 0 atom stereocenters. The molecule has 0 radical (unpaired) electrons. The zero-order chi connectivity index (χ0) is 9.47. The molecule has 0 unspecified atom stereocenters. The van der Waals surface area contributed by atoms with Gasteiger partial charge in [0.15, 0.2) is 11.6 Å². The molecule has 1 fully saturated rings. The van der Waals surface area contributed by atoms with Crippen LogP contribution < -0.4 is 5.73 Å². The van der Waals surface area contributed by atoms with E-state index in [1.165, 1.54) is 6.07 Å². The SMILES string of the molecule is NC1(c2ccc(F)c(F)c2)COC1. The molecule has 1 aromatic carbocycles. The van der Waals surface area contributed by atoms with Gasteiger partial charge in [-0.2, -0.15) is 0 Å². The molecular formula is C9H9F2NO. The van der Waals surface area contributed by atoms with Gasteiger partial charge in [0, 0.05) is 0 Å². The standard InChI is InChI=1S/C9H9F2NO/c10-7-2-1-6(3-8(7)11)9(12)4-13-5-9/h1-3H,4-5,12H2. The fraction of sp³-hybridized carbons (Fsp3) is 0.333. The zero-order valence-corrected chi connectivity index (χ0v) is 6.89. The Bertz CT molecular complexity index is 336. The molecule has 2 N–H and O–H groups in total. The average molecular weight is 185 g/mol. The highest BCUT2D eigenvalue weighted by atomic mass is 19.2. The third-order valence-corrected chi connectivity index (χ3v) is 2.21. The Labute approximate surface area is 74.3 Å². The molecule has 0 bridgehead atoms. The number of ether oxygens (including phenoxy) is 1. The van der Waals surface area contributed by atoms with Gasteiger partial charge in [-0.15, -0.1) is 0 Å².